The molecule has 0 amide bonds. The van der Waals surface area contributed by atoms with Gasteiger partial charge in [0, 0.05) is 0 Å². The molecule has 0 bridgehead atoms. The number of phenolic OH excluding ortho intramolecular Hbond substituents is 1. The fraction of sp³-hybridized carbons (Fsp3) is 0.143. The number of aromatic hydroxyl groups is 1. The zero-order valence-electron chi connectivity index (χ0n) is 9.40. The van der Waals surface area contributed by atoms with Crippen molar-refractivity contribution >= 4 is 0 Å². The Kier molecular flexibility index (Phi) is 2.82. The molecule has 2 heteroatoms. The van der Waals surface area contributed by atoms with Crippen LogP contribution in [0.4, 0.5) is 0 Å². The standard InChI is InChI=1S/C14H14O2/c1-10-3-6-12(7-4-10)16-14-9-11(2)5-8-13(14)15/h3-9,15H,1-2H3. The first-order valence-corrected chi connectivity index (χ1v) is 5.19. The van der Waals surface area contributed by atoms with Crippen LogP contribution in [0.25, 0.3) is 0 Å². The zero-order chi connectivity index (χ0) is 11.5. The highest BCUT2D eigenvalue weighted by atomic mass is 16.5. The van der Waals surface area contributed by atoms with Gasteiger partial charge in [0.15, 0.2) is 11.5 Å². The van der Waals surface area contributed by atoms with Gasteiger partial charge in [-0.3, -0.25) is 0 Å². The van der Waals surface area contributed by atoms with Gasteiger partial charge in [-0.1, -0.05) is 23.8 Å². The predicted molar refractivity (Wildman–Crippen MR) is 64.1 cm³/mol. The molecule has 16 heavy (non-hydrogen) atoms. The molecule has 82 valence electrons. The first-order chi connectivity index (χ1) is 7.65. The minimum atomic E-state index is 0.158. The van der Waals surface area contributed by atoms with Crippen LogP contribution in [0.15, 0.2) is 42.5 Å². The van der Waals surface area contributed by atoms with E-state index in [-0.39, 0.29) is 5.75 Å². The zero-order valence-corrected chi connectivity index (χ0v) is 9.40. The second-order valence-electron chi connectivity index (χ2n) is 3.89. The van der Waals surface area contributed by atoms with Gasteiger partial charge in [-0.15, -0.1) is 0 Å². The van der Waals surface area contributed by atoms with Crippen LogP contribution in [0.1, 0.15) is 11.1 Å². The monoisotopic (exact) mass is 214 g/mol. The Hall–Kier alpha value is -1.96. The molecule has 2 rings (SSSR count). The Morgan fingerprint density at radius 3 is 2.19 bits per heavy atom. The fourth-order valence-electron chi connectivity index (χ4n) is 1.44. The SMILES string of the molecule is Cc1ccc(Oc2cc(C)ccc2O)cc1. The van der Waals surface area contributed by atoms with Crippen molar-refractivity contribution in [3.05, 3.63) is 53.6 Å². The summed E-state index contributed by atoms with van der Waals surface area (Å²) < 4.78 is 5.59. The van der Waals surface area contributed by atoms with Gasteiger partial charge >= 0.3 is 0 Å². The van der Waals surface area contributed by atoms with Crippen LogP contribution < -0.4 is 4.74 Å². The molecule has 0 radical (unpaired) electrons. The highest BCUT2D eigenvalue weighted by Gasteiger charge is 2.03. The molecule has 2 aromatic rings. The lowest BCUT2D eigenvalue weighted by Crippen LogP contribution is -1.86. The Labute approximate surface area is 95.1 Å². The lowest BCUT2D eigenvalue weighted by molar-refractivity contribution is 0.411. The molecule has 1 N–H and O–H groups in total. The number of rotatable bonds is 2. The van der Waals surface area contributed by atoms with E-state index in [9.17, 15) is 5.11 Å². The second kappa shape index (κ2) is 4.27. The maximum Gasteiger partial charge on any atom is 0.169 e. The van der Waals surface area contributed by atoms with Crippen LogP contribution in [0, 0.1) is 13.8 Å². The van der Waals surface area contributed by atoms with Crippen molar-refractivity contribution in [3.63, 3.8) is 0 Å². The molecular weight excluding hydrogens is 200 g/mol. The lowest BCUT2D eigenvalue weighted by atomic mass is 10.2. The van der Waals surface area contributed by atoms with E-state index < -0.39 is 0 Å². The summed E-state index contributed by atoms with van der Waals surface area (Å²) in [4.78, 5) is 0. The van der Waals surface area contributed by atoms with Crippen molar-refractivity contribution < 1.29 is 9.84 Å². The van der Waals surface area contributed by atoms with Crippen molar-refractivity contribution in [3.8, 4) is 17.2 Å². The minimum absolute atomic E-state index is 0.158. The van der Waals surface area contributed by atoms with Crippen LogP contribution in [0.2, 0.25) is 0 Å². The van der Waals surface area contributed by atoms with Crippen molar-refractivity contribution in [2.24, 2.45) is 0 Å². The van der Waals surface area contributed by atoms with Crippen molar-refractivity contribution in [1.82, 2.24) is 0 Å². The molecule has 0 atom stereocenters. The van der Waals surface area contributed by atoms with Crippen molar-refractivity contribution in [1.29, 1.82) is 0 Å². The highest BCUT2D eigenvalue weighted by Crippen LogP contribution is 2.31. The number of phenols is 1. The fourth-order valence-corrected chi connectivity index (χ4v) is 1.44. The van der Waals surface area contributed by atoms with E-state index in [2.05, 4.69) is 0 Å². The van der Waals surface area contributed by atoms with E-state index >= 15 is 0 Å². The van der Waals surface area contributed by atoms with E-state index in [0.29, 0.717) is 5.75 Å². The van der Waals surface area contributed by atoms with Gasteiger partial charge in [0.25, 0.3) is 0 Å². The van der Waals surface area contributed by atoms with Gasteiger partial charge < -0.3 is 9.84 Å². The van der Waals surface area contributed by atoms with Gasteiger partial charge in [-0.25, -0.2) is 0 Å². The summed E-state index contributed by atoms with van der Waals surface area (Å²) in [6, 6.07) is 13.0. The molecule has 2 nitrogen and oxygen atoms in total. The first kappa shape index (κ1) is 10.6. The van der Waals surface area contributed by atoms with E-state index in [4.69, 9.17) is 4.74 Å². The summed E-state index contributed by atoms with van der Waals surface area (Å²) in [7, 11) is 0. The van der Waals surface area contributed by atoms with Gasteiger partial charge in [0.05, 0.1) is 0 Å². The first-order valence-electron chi connectivity index (χ1n) is 5.19. The number of aryl methyl sites for hydroxylation is 2. The van der Waals surface area contributed by atoms with Crippen LogP contribution in [0.3, 0.4) is 0 Å². The molecule has 0 aliphatic rings. The van der Waals surface area contributed by atoms with Gasteiger partial charge in [0.2, 0.25) is 0 Å². The summed E-state index contributed by atoms with van der Waals surface area (Å²) in [5, 5.41) is 9.63. The number of hydrogen-bond donors (Lipinski definition) is 1. The number of ether oxygens (including phenoxy) is 1. The molecule has 0 saturated carbocycles. The molecular formula is C14H14O2. The predicted octanol–water partition coefficient (Wildman–Crippen LogP) is 3.80. The molecule has 0 spiro atoms. The molecule has 0 saturated heterocycles. The van der Waals surface area contributed by atoms with E-state index in [1.54, 1.807) is 6.07 Å². The van der Waals surface area contributed by atoms with Crippen LogP contribution >= 0.6 is 0 Å². The number of hydrogen-bond acceptors (Lipinski definition) is 2. The normalized spacial score (nSPS) is 10.1. The molecule has 0 aliphatic heterocycles. The van der Waals surface area contributed by atoms with E-state index in [0.717, 1.165) is 11.3 Å². The minimum Gasteiger partial charge on any atom is -0.504 e. The smallest absolute Gasteiger partial charge is 0.169 e. The topological polar surface area (TPSA) is 29.5 Å². The van der Waals surface area contributed by atoms with E-state index in [1.807, 2.05) is 50.2 Å². The van der Waals surface area contributed by atoms with Crippen molar-refractivity contribution in [2.45, 2.75) is 13.8 Å². The van der Waals surface area contributed by atoms with Gasteiger partial charge in [-0.2, -0.15) is 0 Å². The summed E-state index contributed by atoms with van der Waals surface area (Å²) in [6.45, 7) is 3.98. The lowest BCUT2D eigenvalue weighted by Gasteiger charge is -2.08. The van der Waals surface area contributed by atoms with Crippen molar-refractivity contribution in [2.75, 3.05) is 0 Å². The Bertz CT molecular complexity index is 487. The summed E-state index contributed by atoms with van der Waals surface area (Å²) >= 11 is 0. The molecule has 0 aliphatic carbocycles. The average molecular weight is 214 g/mol. The maximum atomic E-state index is 9.63. The Morgan fingerprint density at radius 2 is 1.50 bits per heavy atom. The second-order valence-corrected chi connectivity index (χ2v) is 3.89. The van der Waals surface area contributed by atoms with E-state index in [1.165, 1.54) is 5.56 Å². The quantitative estimate of drug-likeness (QED) is 0.823. The maximum absolute atomic E-state index is 9.63. The Morgan fingerprint density at radius 1 is 0.875 bits per heavy atom. The van der Waals surface area contributed by atoms with Gasteiger partial charge in [-0.05, 0) is 43.7 Å². The third kappa shape index (κ3) is 2.34. The average Bonchev–Trinajstić information content (AvgIpc) is 2.27. The van der Waals surface area contributed by atoms with Crippen LogP contribution in [0.5, 0.6) is 17.2 Å². The Balaban J connectivity index is 2.26. The number of benzene rings is 2. The molecule has 0 unspecified atom stereocenters. The summed E-state index contributed by atoms with van der Waals surface area (Å²) in [5.74, 6) is 1.38. The van der Waals surface area contributed by atoms with Crippen LogP contribution in [-0.2, 0) is 0 Å². The molecule has 0 heterocycles. The molecule has 2 aromatic carbocycles. The highest BCUT2D eigenvalue weighted by molar-refractivity contribution is 5.44. The summed E-state index contributed by atoms with van der Waals surface area (Å²) in [6.07, 6.45) is 0. The third-order valence-corrected chi connectivity index (χ3v) is 2.36. The van der Waals surface area contributed by atoms with Crippen LogP contribution in [-0.4, -0.2) is 5.11 Å². The summed E-state index contributed by atoms with van der Waals surface area (Å²) in [5.41, 5.74) is 2.24. The third-order valence-electron chi connectivity index (χ3n) is 2.36. The largest absolute Gasteiger partial charge is 0.504 e. The molecule has 0 aromatic heterocycles. The molecule has 0 fully saturated rings. The van der Waals surface area contributed by atoms with Gasteiger partial charge in [0.1, 0.15) is 5.75 Å².